The first-order valence-corrected chi connectivity index (χ1v) is 28.4. The number of nitrogens with zero attached hydrogens (tertiary/aromatic N) is 2. The highest BCUT2D eigenvalue weighted by Gasteiger charge is 2.47. The molecule has 0 bridgehead atoms. The fourth-order valence-corrected chi connectivity index (χ4v) is 18.3. The van der Waals surface area contributed by atoms with E-state index in [1.807, 2.05) is 0 Å². The highest BCUT2D eigenvalue weighted by atomic mass is 28.3. The van der Waals surface area contributed by atoms with E-state index in [-0.39, 0.29) is 0 Å². The topological polar surface area (TPSA) is 9.86 Å². The van der Waals surface area contributed by atoms with Crippen LogP contribution in [0.1, 0.15) is 22.3 Å². The van der Waals surface area contributed by atoms with E-state index in [1.165, 1.54) is 103 Å². The summed E-state index contributed by atoms with van der Waals surface area (Å²) in [5.41, 5.74) is 16.6. The SMILES string of the molecule is c1ccc(C2(c3ccccc3)c3ccccc3-c3c(-c4cccc5c6ccccc6n(-c6ccc7c8ccccc8n(-c8cccc([Si](c9ccccc9)(c9ccccc9)c9ccccc9)c8)c7c6)c45)cccc32)cc1. The average Bonchev–Trinajstić information content (AvgIpc) is 4.30. The van der Waals surface area contributed by atoms with Crippen LogP contribution >= 0.6 is 0 Å². The Kier molecular flexibility index (Phi) is 10.2. The van der Waals surface area contributed by atoms with Gasteiger partial charge in [0.25, 0.3) is 0 Å². The molecule has 15 rings (SSSR count). The monoisotopic (exact) mass is 982 g/mol. The minimum absolute atomic E-state index is 0.508. The van der Waals surface area contributed by atoms with Crippen LogP contribution in [0.15, 0.2) is 303 Å². The van der Waals surface area contributed by atoms with Crippen molar-refractivity contribution >= 4 is 72.4 Å². The zero-order chi connectivity index (χ0) is 50.2. The maximum absolute atomic E-state index is 2.83. The van der Waals surface area contributed by atoms with E-state index in [1.54, 1.807) is 0 Å². The zero-order valence-electron chi connectivity index (χ0n) is 41.8. The molecule has 0 saturated carbocycles. The lowest BCUT2D eigenvalue weighted by molar-refractivity contribution is 0.768. The third kappa shape index (κ3) is 6.33. The molecule has 3 heteroatoms. The molecule has 1 aliphatic rings. The molecule has 1 aliphatic carbocycles. The van der Waals surface area contributed by atoms with Crippen LogP contribution in [0.3, 0.4) is 0 Å². The summed E-state index contributed by atoms with van der Waals surface area (Å²) in [6, 6.07) is 113. The van der Waals surface area contributed by atoms with Gasteiger partial charge in [0, 0.05) is 38.5 Å². The summed E-state index contributed by atoms with van der Waals surface area (Å²) in [4.78, 5) is 0. The molecule has 0 amide bonds. The Morgan fingerprint density at radius 3 is 1.34 bits per heavy atom. The maximum Gasteiger partial charge on any atom is 0.179 e. The van der Waals surface area contributed by atoms with Crippen molar-refractivity contribution in [3.8, 4) is 33.6 Å². The summed E-state index contributed by atoms with van der Waals surface area (Å²) in [7, 11) is -2.83. The van der Waals surface area contributed by atoms with E-state index in [0.717, 1.165) is 16.9 Å². The first-order valence-electron chi connectivity index (χ1n) is 26.4. The minimum Gasteiger partial charge on any atom is -0.309 e. The predicted octanol–water partition coefficient (Wildman–Crippen LogP) is 15.3. The Morgan fingerprint density at radius 1 is 0.263 bits per heavy atom. The molecule has 2 aromatic heterocycles. The molecule has 0 fully saturated rings. The number of rotatable bonds is 9. The van der Waals surface area contributed by atoms with Gasteiger partial charge in [-0.05, 0) is 96.1 Å². The van der Waals surface area contributed by atoms with Crippen molar-refractivity contribution in [1.29, 1.82) is 0 Å². The Hall–Kier alpha value is -9.54. The lowest BCUT2D eigenvalue weighted by atomic mass is 9.67. The summed E-state index contributed by atoms with van der Waals surface area (Å²) in [6.45, 7) is 0. The average molecular weight is 983 g/mol. The zero-order valence-corrected chi connectivity index (χ0v) is 42.8. The van der Waals surface area contributed by atoms with Gasteiger partial charge in [0.15, 0.2) is 8.07 Å². The molecule has 0 atom stereocenters. The number of benzene rings is 12. The third-order valence-electron chi connectivity index (χ3n) is 16.5. The van der Waals surface area contributed by atoms with Crippen molar-refractivity contribution in [1.82, 2.24) is 9.13 Å². The van der Waals surface area contributed by atoms with Crippen molar-refractivity contribution < 1.29 is 0 Å². The van der Waals surface area contributed by atoms with E-state index in [2.05, 4.69) is 312 Å². The fraction of sp³-hybridized carbons (Fsp3) is 0.0137. The number of hydrogen-bond donors (Lipinski definition) is 0. The van der Waals surface area contributed by atoms with Gasteiger partial charge in [0.1, 0.15) is 0 Å². The van der Waals surface area contributed by atoms with Crippen molar-refractivity contribution in [2.45, 2.75) is 5.41 Å². The molecule has 76 heavy (non-hydrogen) atoms. The van der Waals surface area contributed by atoms with Gasteiger partial charge < -0.3 is 9.13 Å². The first-order chi connectivity index (χ1) is 37.7. The van der Waals surface area contributed by atoms with Crippen molar-refractivity contribution in [2.24, 2.45) is 0 Å². The van der Waals surface area contributed by atoms with E-state index in [0.29, 0.717) is 0 Å². The highest BCUT2D eigenvalue weighted by Crippen LogP contribution is 2.59. The molecule has 2 heterocycles. The normalized spacial score (nSPS) is 12.8. The van der Waals surface area contributed by atoms with Gasteiger partial charge in [-0.15, -0.1) is 0 Å². The first kappa shape index (κ1) is 44.0. The standard InChI is InChI=1S/C73H50N2Si/c1-6-25-51(26-7-1)73(52-27-8-2-9-28-52)66-43-19-16-39-65(66)71-62(40-24-44-67(71)73)64-42-23-41-63-60-38-18-21-46-69(60)75(72(63)64)54-47-48-61-59-37-17-20-45-68(59)74(70(61)50-54)53-29-22-36-58(49-53)76(55-30-10-3-11-31-55,56-32-12-4-13-33-56)57-34-14-5-15-35-57/h1-50H. The molecule has 0 aliphatic heterocycles. The fourth-order valence-electron chi connectivity index (χ4n) is 13.5. The van der Waals surface area contributed by atoms with Gasteiger partial charge in [-0.2, -0.15) is 0 Å². The van der Waals surface area contributed by atoms with E-state index >= 15 is 0 Å². The number of fused-ring (bicyclic) bond motifs is 9. The van der Waals surface area contributed by atoms with Crippen LogP contribution in [0.4, 0.5) is 0 Å². The van der Waals surface area contributed by atoms with E-state index in [9.17, 15) is 0 Å². The van der Waals surface area contributed by atoms with Crippen LogP contribution in [-0.2, 0) is 5.41 Å². The Labute approximate surface area is 443 Å². The molecular weight excluding hydrogens is 933 g/mol. The summed E-state index contributed by atoms with van der Waals surface area (Å²) in [6.07, 6.45) is 0. The van der Waals surface area contributed by atoms with Gasteiger partial charge in [0.05, 0.1) is 27.5 Å². The third-order valence-corrected chi connectivity index (χ3v) is 21.3. The molecule has 356 valence electrons. The summed E-state index contributed by atoms with van der Waals surface area (Å²) >= 11 is 0. The molecule has 0 saturated heterocycles. The lowest BCUT2D eigenvalue weighted by Gasteiger charge is -2.34. The van der Waals surface area contributed by atoms with Crippen LogP contribution in [0, 0.1) is 0 Å². The van der Waals surface area contributed by atoms with Gasteiger partial charge in [-0.3, -0.25) is 0 Å². The maximum atomic E-state index is 2.54. The van der Waals surface area contributed by atoms with Gasteiger partial charge in [-0.1, -0.05) is 267 Å². The Morgan fingerprint density at radius 2 is 0.697 bits per heavy atom. The summed E-state index contributed by atoms with van der Waals surface area (Å²) < 4.78 is 5.05. The molecule has 0 spiro atoms. The number of aromatic nitrogens is 2. The quantitative estimate of drug-likeness (QED) is 0.101. The van der Waals surface area contributed by atoms with Crippen LogP contribution in [-0.4, -0.2) is 17.2 Å². The Bertz CT molecular complexity index is 4360. The molecule has 0 radical (unpaired) electrons. The largest absolute Gasteiger partial charge is 0.309 e. The van der Waals surface area contributed by atoms with Crippen LogP contribution in [0.25, 0.3) is 77.2 Å². The molecule has 0 unspecified atom stereocenters. The second-order valence-corrected chi connectivity index (χ2v) is 24.1. The van der Waals surface area contributed by atoms with Gasteiger partial charge in [-0.25, -0.2) is 0 Å². The minimum atomic E-state index is -2.83. The van der Waals surface area contributed by atoms with E-state index in [4.69, 9.17) is 0 Å². The molecule has 14 aromatic rings. The summed E-state index contributed by atoms with van der Waals surface area (Å²) in [5, 5.41) is 10.3. The van der Waals surface area contributed by atoms with Crippen LogP contribution in [0.5, 0.6) is 0 Å². The van der Waals surface area contributed by atoms with Crippen LogP contribution in [0.2, 0.25) is 0 Å². The summed E-state index contributed by atoms with van der Waals surface area (Å²) in [5.74, 6) is 0. The number of para-hydroxylation sites is 3. The smallest absolute Gasteiger partial charge is 0.179 e. The molecule has 0 N–H and O–H groups in total. The predicted molar refractivity (Wildman–Crippen MR) is 321 cm³/mol. The molecule has 2 nitrogen and oxygen atoms in total. The lowest BCUT2D eigenvalue weighted by Crippen LogP contribution is -2.74. The van der Waals surface area contributed by atoms with Crippen molar-refractivity contribution in [3.05, 3.63) is 326 Å². The van der Waals surface area contributed by atoms with Crippen molar-refractivity contribution in [2.75, 3.05) is 0 Å². The second kappa shape index (κ2) is 17.6. The number of hydrogen-bond acceptors (Lipinski definition) is 0. The van der Waals surface area contributed by atoms with Gasteiger partial charge >= 0.3 is 0 Å². The highest BCUT2D eigenvalue weighted by molar-refractivity contribution is 7.19. The van der Waals surface area contributed by atoms with E-state index < -0.39 is 13.5 Å². The van der Waals surface area contributed by atoms with Gasteiger partial charge in [0.2, 0.25) is 0 Å². The molecule has 12 aromatic carbocycles. The van der Waals surface area contributed by atoms with Crippen molar-refractivity contribution in [3.63, 3.8) is 0 Å². The second-order valence-electron chi connectivity index (χ2n) is 20.3. The molecular formula is C73H50N2Si. The Balaban J connectivity index is 0.986. The van der Waals surface area contributed by atoms with Crippen LogP contribution < -0.4 is 20.7 Å².